The third kappa shape index (κ3) is 5.14. The van der Waals surface area contributed by atoms with Crippen molar-refractivity contribution in [3.05, 3.63) is 42.0 Å². The largest absolute Gasteiger partial charge is 0.490 e. The molecule has 1 aliphatic heterocycles. The number of amides is 2. The van der Waals surface area contributed by atoms with E-state index in [1.807, 2.05) is 13.8 Å². The van der Waals surface area contributed by atoms with Gasteiger partial charge in [0.25, 0.3) is 5.91 Å². The van der Waals surface area contributed by atoms with Crippen molar-refractivity contribution in [2.24, 2.45) is 0 Å². The Morgan fingerprint density at radius 2 is 1.77 bits per heavy atom. The SMILES string of the molecule is CCOc1ccc(NC(=O)CN2C(=O)COc3ccc(C(=O)CC)cc32)cc1OCC. The molecular formula is C23H26N2O6. The van der Waals surface area contributed by atoms with Gasteiger partial charge in [-0.05, 0) is 44.2 Å². The van der Waals surface area contributed by atoms with E-state index in [4.69, 9.17) is 14.2 Å². The van der Waals surface area contributed by atoms with Crippen molar-refractivity contribution in [1.82, 2.24) is 0 Å². The highest BCUT2D eigenvalue weighted by molar-refractivity contribution is 6.06. The van der Waals surface area contributed by atoms with Crippen molar-refractivity contribution in [2.45, 2.75) is 27.2 Å². The van der Waals surface area contributed by atoms with E-state index in [0.29, 0.717) is 53.8 Å². The van der Waals surface area contributed by atoms with Crippen molar-refractivity contribution >= 4 is 29.0 Å². The van der Waals surface area contributed by atoms with Crippen LogP contribution < -0.4 is 24.4 Å². The Labute approximate surface area is 181 Å². The van der Waals surface area contributed by atoms with E-state index in [1.54, 1.807) is 43.3 Å². The molecule has 0 radical (unpaired) electrons. The van der Waals surface area contributed by atoms with Crippen molar-refractivity contribution in [3.8, 4) is 17.2 Å². The van der Waals surface area contributed by atoms with E-state index in [0.717, 1.165) is 0 Å². The summed E-state index contributed by atoms with van der Waals surface area (Å²) < 4.78 is 16.6. The molecule has 164 valence electrons. The van der Waals surface area contributed by atoms with Crippen LogP contribution in [0.15, 0.2) is 36.4 Å². The van der Waals surface area contributed by atoms with Crippen LogP contribution in [0.4, 0.5) is 11.4 Å². The van der Waals surface area contributed by atoms with Crippen molar-refractivity contribution in [3.63, 3.8) is 0 Å². The molecule has 1 N–H and O–H groups in total. The minimum atomic E-state index is -0.389. The summed E-state index contributed by atoms with van der Waals surface area (Å²) in [6.07, 6.45) is 0.341. The van der Waals surface area contributed by atoms with Crippen LogP contribution >= 0.6 is 0 Å². The summed E-state index contributed by atoms with van der Waals surface area (Å²) in [5, 5.41) is 2.78. The van der Waals surface area contributed by atoms with Crippen molar-refractivity contribution in [2.75, 3.05) is 36.6 Å². The third-order valence-electron chi connectivity index (χ3n) is 4.67. The van der Waals surface area contributed by atoms with Gasteiger partial charge in [-0.3, -0.25) is 19.3 Å². The number of hydrogen-bond donors (Lipinski definition) is 1. The van der Waals surface area contributed by atoms with Gasteiger partial charge in [0, 0.05) is 23.7 Å². The van der Waals surface area contributed by atoms with E-state index in [9.17, 15) is 14.4 Å². The second kappa shape index (κ2) is 9.97. The van der Waals surface area contributed by atoms with Crippen LogP contribution in [-0.4, -0.2) is 44.0 Å². The quantitative estimate of drug-likeness (QED) is 0.618. The fourth-order valence-electron chi connectivity index (χ4n) is 3.23. The summed E-state index contributed by atoms with van der Waals surface area (Å²) >= 11 is 0. The van der Waals surface area contributed by atoms with Gasteiger partial charge < -0.3 is 19.5 Å². The number of fused-ring (bicyclic) bond motifs is 1. The van der Waals surface area contributed by atoms with Crippen LogP contribution in [0.25, 0.3) is 0 Å². The molecule has 8 nitrogen and oxygen atoms in total. The predicted octanol–water partition coefficient (Wildman–Crippen LogP) is 3.44. The Hall–Kier alpha value is -3.55. The van der Waals surface area contributed by atoms with Gasteiger partial charge in [-0.15, -0.1) is 0 Å². The van der Waals surface area contributed by atoms with Crippen LogP contribution in [-0.2, 0) is 9.59 Å². The number of anilines is 2. The summed E-state index contributed by atoms with van der Waals surface area (Å²) in [6, 6.07) is 10.0. The van der Waals surface area contributed by atoms with Gasteiger partial charge in [-0.1, -0.05) is 6.92 Å². The van der Waals surface area contributed by atoms with E-state index in [-0.39, 0.29) is 30.7 Å². The number of ether oxygens (including phenoxy) is 3. The van der Waals surface area contributed by atoms with Crippen LogP contribution in [0.3, 0.4) is 0 Å². The van der Waals surface area contributed by atoms with Gasteiger partial charge in [0.05, 0.1) is 18.9 Å². The number of nitrogens with one attached hydrogen (secondary N) is 1. The standard InChI is InChI=1S/C23H26N2O6/c1-4-18(26)15-7-9-19-17(11-15)25(23(28)14-31-19)13-22(27)24-16-8-10-20(29-5-2)21(12-16)30-6-3/h7-12H,4-6,13-14H2,1-3H3,(H,24,27). The van der Waals surface area contributed by atoms with Gasteiger partial charge in [-0.25, -0.2) is 0 Å². The number of carbonyl (C=O) groups excluding carboxylic acids is 3. The molecule has 0 unspecified atom stereocenters. The molecule has 2 amide bonds. The van der Waals surface area contributed by atoms with Crippen molar-refractivity contribution < 1.29 is 28.6 Å². The average molecular weight is 426 g/mol. The first-order valence-electron chi connectivity index (χ1n) is 10.3. The number of benzene rings is 2. The van der Waals surface area contributed by atoms with Gasteiger partial charge in [-0.2, -0.15) is 0 Å². The summed E-state index contributed by atoms with van der Waals surface area (Å²) in [5.41, 5.74) is 1.40. The molecule has 0 saturated carbocycles. The molecule has 31 heavy (non-hydrogen) atoms. The first kappa shape index (κ1) is 22.1. The molecule has 0 atom stereocenters. The van der Waals surface area contributed by atoms with Crippen LogP contribution in [0.2, 0.25) is 0 Å². The highest BCUT2D eigenvalue weighted by atomic mass is 16.5. The lowest BCUT2D eigenvalue weighted by molar-refractivity contribution is -0.123. The zero-order chi connectivity index (χ0) is 22.4. The maximum absolute atomic E-state index is 12.7. The van der Waals surface area contributed by atoms with E-state index >= 15 is 0 Å². The zero-order valence-electron chi connectivity index (χ0n) is 17.9. The topological polar surface area (TPSA) is 94.2 Å². The molecule has 0 saturated heterocycles. The molecule has 8 heteroatoms. The first-order valence-corrected chi connectivity index (χ1v) is 10.3. The summed E-state index contributed by atoms with van der Waals surface area (Å²) in [4.78, 5) is 38.6. The summed E-state index contributed by atoms with van der Waals surface area (Å²) in [6.45, 7) is 6.07. The fourth-order valence-corrected chi connectivity index (χ4v) is 3.23. The molecule has 1 heterocycles. The van der Waals surface area contributed by atoms with E-state index < -0.39 is 0 Å². The number of rotatable bonds is 9. The molecule has 2 aromatic carbocycles. The Morgan fingerprint density at radius 1 is 1.03 bits per heavy atom. The predicted molar refractivity (Wildman–Crippen MR) is 116 cm³/mol. The Kier molecular flexibility index (Phi) is 7.12. The molecule has 0 spiro atoms. The van der Waals surface area contributed by atoms with Gasteiger partial charge in [0.2, 0.25) is 5.91 Å². The second-order valence-corrected chi connectivity index (χ2v) is 6.80. The number of Topliss-reactive ketones (excluding diaryl/α,β-unsaturated/α-hetero) is 1. The molecule has 0 aromatic heterocycles. The lowest BCUT2D eigenvalue weighted by atomic mass is 10.1. The lowest BCUT2D eigenvalue weighted by Crippen LogP contribution is -2.43. The molecule has 0 bridgehead atoms. The highest BCUT2D eigenvalue weighted by Gasteiger charge is 2.28. The zero-order valence-corrected chi connectivity index (χ0v) is 17.9. The molecule has 0 aliphatic carbocycles. The van der Waals surface area contributed by atoms with Gasteiger partial charge >= 0.3 is 0 Å². The van der Waals surface area contributed by atoms with Crippen LogP contribution in [0.5, 0.6) is 17.2 Å². The Morgan fingerprint density at radius 3 is 2.48 bits per heavy atom. The van der Waals surface area contributed by atoms with E-state index in [1.165, 1.54) is 4.90 Å². The highest BCUT2D eigenvalue weighted by Crippen LogP contribution is 2.34. The molecular weight excluding hydrogens is 400 g/mol. The fraction of sp³-hybridized carbons (Fsp3) is 0.348. The molecule has 1 aliphatic rings. The smallest absolute Gasteiger partial charge is 0.265 e. The molecule has 3 rings (SSSR count). The van der Waals surface area contributed by atoms with Crippen molar-refractivity contribution in [1.29, 1.82) is 0 Å². The minimum Gasteiger partial charge on any atom is -0.490 e. The number of ketones is 1. The Balaban J connectivity index is 1.78. The summed E-state index contributed by atoms with van der Waals surface area (Å²) in [5.74, 6) is 0.777. The van der Waals surface area contributed by atoms with Gasteiger partial charge in [0.1, 0.15) is 12.3 Å². The molecule has 0 fully saturated rings. The number of nitrogens with zero attached hydrogens (tertiary/aromatic N) is 1. The summed E-state index contributed by atoms with van der Waals surface area (Å²) in [7, 11) is 0. The minimum absolute atomic E-state index is 0.0527. The first-order chi connectivity index (χ1) is 15.0. The normalized spacial score (nSPS) is 12.6. The van der Waals surface area contributed by atoms with Crippen LogP contribution in [0.1, 0.15) is 37.6 Å². The second-order valence-electron chi connectivity index (χ2n) is 6.80. The maximum Gasteiger partial charge on any atom is 0.265 e. The molecule has 2 aromatic rings. The number of hydrogen-bond acceptors (Lipinski definition) is 6. The van der Waals surface area contributed by atoms with Gasteiger partial charge in [0.15, 0.2) is 23.9 Å². The average Bonchev–Trinajstić information content (AvgIpc) is 2.77. The number of carbonyl (C=O) groups is 3. The maximum atomic E-state index is 12.7. The lowest BCUT2D eigenvalue weighted by Gasteiger charge is -2.29. The van der Waals surface area contributed by atoms with E-state index in [2.05, 4.69) is 5.32 Å². The Bertz CT molecular complexity index is 988. The van der Waals surface area contributed by atoms with Crippen LogP contribution in [0, 0.1) is 0 Å². The third-order valence-corrected chi connectivity index (χ3v) is 4.67. The monoisotopic (exact) mass is 426 g/mol.